The Bertz CT molecular complexity index is 312. The van der Waals surface area contributed by atoms with Crippen molar-refractivity contribution in [3.63, 3.8) is 0 Å². The van der Waals surface area contributed by atoms with Crippen LogP contribution in [0, 0.1) is 0 Å². The highest BCUT2D eigenvalue weighted by atomic mass is 16.4. The molecular weight excluding hydrogens is 278 g/mol. The lowest BCUT2D eigenvalue weighted by Gasteiger charge is -2.32. The number of carboxylic acids is 1. The molecule has 1 rings (SSSR count). The third-order valence-electron chi connectivity index (χ3n) is 4.81. The number of rotatable bonds is 8. The maximum absolute atomic E-state index is 10.9. The SMILES string of the molecule is CCCN1CCN(CC)CCN(C(CC)CCC(=O)O)CC1. The molecule has 0 aliphatic carbocycles. The minimum Gasteiger partial charge on any atom is -0.481 e. The van der Waals surface area contributed by atoms with Crippen LogP contribution < -0.4 is 0 Å². The zero-order valence-electron chi connectivity index (χ0n) is 14.8. The molecule has 1 saturated heterocycles. The van der Waals surface area contributed by atoms with Crippen molar-refractivity contribution in [1.82, 2.24) is 14.7 Å². The summed E-state index contributed by atoms with van der Waals surface area (Å²) < 4.78 is 0. The molecule has 0 bridgehead atoms. The molecule has 0 aromatic carbocycles. The van der Waals surface area contributed by atoms with Crippen molar-refractivity contribution in [3.05, 3.63) is 0 Å². The smallest absolute Gasteiger partial charge is 0.303 e. The number of carboxylic acid groups (broad SMARTS) is 1. The molecule has 1 heterocycles. The Morgan fingerprint density at radius 2 is 1.59 bits per heavy atom. The average molecular weight is 313 g/mol. The van der Waals surface area contributed by atoms with Gasteiger partial charge in [-0.3, -0.25) is 9.69 Å². The van der Waals surface area contributed by atoms with Crippen LogP contribution in [0.15, 0.2) is 0 Å². The summed E-state index contributed by atoms with van der Waals surface area (Å²) in [7, 11) is 0. The molecule has 5 nitrogen and oxygen atoms in total. The minimum atomic E-state index is -0.675. The largest absolute Gasteiger partial charge is 0.481 e. The van der Waals surface area contributed by atoms with Gasteiger partial charge >= 0.3 is 5.97 Å². The first kappa shape index (κ1) is 19.4. The van der Waals surface area contributed by atoms with Crippen molar-refractivity contribution in [2.45, 2.75) is 52.5 Å². The van der Waals surface area contributed by atoms with Crippen molar-refractivity contribution in [2.24, 2.45) is 0 Å². The van der Waals surface area contributed by atoms with Gasteiger partial charge in [-0.2, -0.15) is 0 Å². The maximum atomic E-state index is 10.9. The quantitative estimate of drug-likeness (QED) is 0.742. The van der Waals surface area contributed by atoms with Gasteiger partial charge in [0.1, 0.15) is 0 Å². The fraction of sp³-hybridized carbons (Fsp3) is 0.941. The Morgan fingerprint density at radius 3 is 2.14 bits per heavy atom. The van der Waals surface area contributed by atoms with E-state index in [-0.39, 0.29) is 6.42 Å². The first-order valence-electron chi connectivity index (χ1n) is 9.01. The van der Waals surface area contributed by atoms with Gasteiger partial charge in [-0.25, -0.2) is 0 Å². The van der Waals surface area contributed by atoms with Crippen molar-refractivity contribution in [3.8, 4) is 0 Å². The van der Waals surface area contributed by atoms with Crippen LogP contribution in [0.2, 0.25) is 0 Å². The molecule has 1 aliphatic heterocycles. The van der Waals surface area contributed by atoms with Gasteiger partial charge in [0.2, 0.25) is 0 Å². The summed E-state index contributed by atoms with van der Waals surface area (Å²) in [6.45, 7) is 15.5. The first-order chi connectivity index (χ1) is 10.6. The molecule has 130 valence electrons. The molecule has 0 amide bonds. The Balaban J connectivity index is 2.66. The fourth-order valence-corrected chi connectivity index (χ4v) is 3.31. The van der Waals surface area contributed by atoms with Crippen LogP contribution in [0.1, 0.15) is 46.5 Å². The van der Waals surface area contributed by atoms with Gasteiger partial charge < -0.3 is 14.9 Å². The molecule has 1 aliphatic rings. The predicted molar refractivity (Wildman–Crippen MR) is 91.4 cm³/mol. The second-order valence-corrected chi connectivity index (χ2v) is 6.31. The third-order valence-corrected chi connectivity index (χ3v) is 4.81. The molecular formula is C17H35N3O2. The molecule has 1 N–H and O–H groups in total. The van der Waals surface area contributed by atoms with Gasteiger partial charge in [0.05, 0.1) is 0 Å². The Hall–Kier alpha value is -0.650. The number of aliphatic carboxylic acids is 1. The normalized spacial score (nSPS) is 21.0. The van der Waals surface area contributed by atoms with Crippen LogP contribution in [0.25, 0.3) is 0 Å². The van der Waals surface area contributed by atoms with Gasteiger partial charge in [0.15, 0.2) is 0 Å². The van der Waals surface area contributed by atoms with Crippen molar-refractivity contribution < 1.29 is 9.90 Å². The van der Waals surface area contributed by atoms with E-state index in [9.17, 15) is 4.79 Å². The van der Waals surface area contributed by atoms with Crippen LogP contribution in [-0.2, 0) is 4.79 Å². The summed E-state index contributed by atoms with van der Waals surface area (Å²) in [4.78, 5) is 18.5. The van der Waals surface area contributed by atoms with Crippen LogP contribution in [0.3, 0.4) is 0 Å². The topological polar surface area (TPSA) is 47.0 Å². The molecule has 0 aromatic heterocycles. The highest BCUT2D eigenvalue weighted by molar-refractivity contribution is 5.66. The number of hydrogen-bond acceptors (Lipinski definition) is 4. The van der Waals surface area contributed by atoms with Crippen molar-refractivity contribution in [2.75, 3.05) is 52.4 Å². The van der Waals surface area contributed by atoms with E-state index in [0.29, 0.717) is 6.04 Å². The zero-order chi connectivity index (χ0) is 16.4. The first-order valence-corrected chi connectivity index (χ1v) is 9.01. The summed E-state index contributed by atoms with van der Waals surface area (Å²) in [5.74, 6) is -0.675. The molecule has 5 heteroatoms. The van der Waals surface area contributed by atoms with Gasteiger partial charge in [-0.05, 0) is 32.4 Å². The van der Waals surface area contributed by atoms with E-state index in [4.69, 9.17) is 5.11 Å². The molecule has 1 atom stereocenters. The van der Waals surface area contributed by atoms with E-state index in [2.05, 4.69) is 35.5 Å². The van der Waals surface area contributed by atoms with E-state index in [1.165, 1.54) is 6.42 Å². The predicted octanol–water partition coefficient (Wildman–Crippen LogP) is 1.98. The number of likely N-dealkylation sites (N-methyl/N-ethyl adjacent to an activating group) is 1. The third kappa shape index (κ3) is 7.07. The summed E-state index contributed by atoms with van der Waals surface area (Å²) in [6, 6.07) is 0.399. The molecule has 22 heavy (non-hydrogen) atoms. The molecule has 0 aromatic rings. The van der Waals surface area contributed by atoms with E-state index in [1.54, 1.807) is 0 Å². The van der Waals surface area contributed by atoms with E-state index in [0.717, 1.165) is 65.2 Å². The zero-order valence-corrected chi connectivity index (χ0v) is 14.8. The summed E-state index contributed by atoms with van der Waals surface area (Å²) in [6.07, 6.45) is 3.28. The van der Waals surface area contributed by atoms with E-state index >= 15 is 0 Å². The average Bonchev–Trinajstić information content (AvgIpc) is 2.59. The van der Waals surface area contributed by atoms with Crippen LogP contribution in [0.4, 0.5) is 0 Å². The molecule has 0 radical (unpaired) electrons. The second-order valence-electron chi connectivity index (χ2n) is 6.31. The highest BCUT2D eigenvalue weighted by Gasteiger charge is 2.21. The van der Waals surface area contributed by atoms with Crippen LogP contribution in [-0.4, -0.2) is 84.2 Å². The molecule has 0 saturated carbocycles. The van der Waals surface area contributed by atoms with Gasteiger partial charge in [-0.1, -0.05) is 20.8 Å². The van der Waals surface area contributed by atoms with Crippen LogP contribution >= 0.6 is 0 Å². The summed E-state index contributed by atoms with van der Waals surface area (Å²) in [5.41, 5.74) is 0. The lowest BCUT2D eigenvalue weighted by Crippen LogP contribution is -2.42. The molecule has 1 fully saturated rings. The lowest BCUT2D eigenvalue weighted by molar-refractivity contribution is -0.137. The summed E-state index contributed by atoms with van der Waals surface area (Å²) >= 11 is 0. The van der Waals surface area contributed by atoms with Crippen LogP contribution in [0.5, 0.6) is 0 Å². The van der Waals surface area contributed by atoms with Gasteiger partial charge in [0.25, 0.3) is 0 Å². The Morgan fingerprint density at radius 1 is 1.00 bits per heavy atom. The number of hydrogen-bond donors (Lipinski definition) is 1. The van der Waals surface area contributed by atoms with Crippen molar-refractivity contribution >= 4 is 5.97 Å². The standard InChI is InChI=1S/C17H35N3O2/c1-4-9-19-11-10-18(6-3)12-14-20(15-13-19)16(5-2)7-8-17(21)22/h16H,4-15H2,1-3H3,(H,21,22). The molecule has 1 unspecified atom stereocenters. The monoisotopic (exact) mass is 313 g/mol. The Kier molecular flexibility index (Phi) is 9.68. The number of nitrogens with zero attached hydrogens (tertiary/aromatic N) is 3. The van der Waals surface area contributed by atoms with Gasteiger partial charge in [-0.15, -0.1) is 0 Å². The summed E-state index contributed by atoms with van der Waals surface area (Å²) in [5, 5.41) is 8.96. The molecule has 0 spiro atoms. The highest BCUT2D eigenvalue weighted by Crippen LogP contribution is 2.13. The maximum Gasteiger partial charge on any atom is 0.303 e. The van der Waals surface area contributed by atoms with Crippen molar-refractivity contribution in [1.29, 1.82) is 0 Å². The second kappa shape index (κ2) is 11.0. The van der Waals surface area contributed by atoms with E-state index in [1.807, 2.05) is 0 Å². The fourth-order valence-electron chi connectivity index (χ4n) is 3.31. The number of carbonyl (C=O) groups is 1. The van der Waals surface area contributed by atoms with E-state index < -0.39 is 5.97 Å². The Labute approximate surface area is 136 Å². The lowest BCUT2D eigenvalue weighted by atomic mass is 10.1. The van der Waals surface area contributed by atoms with Gasteiger partial charge in [0, 0.05) is 51.7 Å². The minimum absolute atomic E-state index is 0.283.